The number of anilines is 1. The third-order valence-corrected chi connectivity index (χ3v) is 5.76. The van der Waals surface area contributed by atoms with E-state index in [0.29, 0.717) is 25.2 Å². The Bertz CT molecular complexity index is 951. The monoisotopic (exact) mass is 405 g/mol. The molecule has 0 fully saturated rings. The van der Waals surface area contributed by atoms with Gasteiger partial charge in [-0.15, -0.1) is 18.3 Å². The van der Waals surface area contributed by atoms with E-state index in [2.05, 4.69) is 12.6 Å². The average molecular weight is 406 g/mol. The Kier molecular flexibility index (Phi) is 7.09. The number of carbonyl (C=O) groups excluding carboxylic acids is 2. The number of fused-ring (bicyclic) bond motifs is 1. The Morgan fingerprint density at radius 3 is 2.83 bits per heavy atom. The number of carbonyl (C=O) groups is 2. The normalized spacial score (nSPS) is 12.6. The molecule has 0 saturated heterocycles. The fraction of sp³-hybridized carbons (Fsp3) is 0.261. The Hall–Kier alpha value is -3.04. The summed E-state index contributed by atoms with van der Waals surface area (Å²) in [6, 6.07) is 17.2. The van der Waals surface area contributed by atoms with Gasteiger partial charge in [0.2, 0.25) is 11.8 Å². The maximum absolute atomic E-state index is 12.8. The van der Waals surface area contributed by atoms with Crippen LogP contribution >= 0.6 is 11.8 Å². The van der Waals surface area contributed by atoms with Crippen LogP contribution in [-0.4, -0.2) is 35.6 Å². The molecule has 3 rings (SSSR count). The number of benzene rings is 2. The Balaban J connectivity index is 1.62. The predicted molar refractivity (Wildman–Crippen MR) is 116 cm³/mol. The van der Waals surface area contributed by atoms with E-state index in [1.165, 1.54) is 0 Å². The van der Waals surface area contributed by atoms with Gasteiger partial charge >= 0.3 is 0 Å². The maximum atomic E-state index is 12.8. The highest BCUT2D eigenvalue weighted by atomic mass is 32.2. The molecule has 0 N–H and O–H groups in total. The summed E-state index contributed by atoms with van der Waals surface area (Å²) < 4.78 is 0. The summed E-state index contributed by atoms with van der Waals surface area (Å²) in [6.07, 6.45) is 1.99. The van der Waals surface area contributed by atoms with E-state index in [9.17, 15) is 9.59 Å². The molecule has 0 spiro atoms. The first-order valence-electron chi connectivity index (χ1n) is 9.52. The van der Waals surface area contributed by atoms with Crippen LogP contribution in [0.3, 0.4) is 0 Å². The number of thioether (sulfide) groups is 1. The van der Waals surface area contributed by atoms with Crippen molar-refractivity contribution >= 4 is 29.3 Å². The lowest BCUT2D eigenvalue weighted by Gasteiger charge is -2.29. The molecule has 0 aromatic heterocycles. The number of amides is 2. The minimum Gasteiger partial charge on any atom is -0.335 e. The topological polar surface area (TPSA) is 64.4 Å². The van der Waals surface area contributed by atoms with E-state index in [1.807, 2.05) is 30.3 Å². The number of hydrogen-bond donors (Lipinski definition) is 0. The van der Waals surface area contributed by atoms with Gasteiger partial charge in [0.15, 0.2) is 0 Å². The molecule has 1 aliphatic rings. The Morgan fingerprint density at radius 2 is 2.03 bits per heavy atom. The van der Waals surface area contributed by atoms with Crippen LogP contribution in [0.5, 0.6) is 0 Å². The summed E-state index contributed by atoms with van der Waals surface area (Å²) in [5.41, 5.74) is 2.37. The van der Waals surface area contributed by atoms with Gasteiger partial charge in [0.05, 0.1) is 17.3 Å². The molecule has 29 heavy (non-hydrogen) atoms. The van der Waals surface area contributed by atoms with Crippen molar-refractivity contribution in [3.63, 3.8) is 0 Å². The molecule has 1 aliphatic heterocycles. The second-order valence-electron chi connectivity index (χ2n) is 6.74. The van der Waals surface area contributed by atoms with Crippen LogP contribution in [0.2, 0.25) is 0 Å². The van der Waals surface area contributed by atoms with E-state index in [4.69, 9.17) is 5.26 Å². The lowest BCUT2D eigenvalue weighted by Crippen LogP contribution is -2.37. The van der Waals surface area contributed by atoms with E-state index >= 15 is 0 Å². The summed E-state index contributed by atoms with van der Waals surface area (Å²) >= 11 is 1.75. The summed E-state index contributed by atoms with van der Waals surface area (Å²) in [7, 11) is 0. The fourth-order valence-corrected chi connectivity index (χ4v) is 4.30. The third-order valence-electron chi connectivity index (χ3n) is 4.71. The van der Waals surface area contributed by atoms with E-state index in [-0.39, 0.29) is 24.7 Å². The molecule has 5 nitrogen and oxygen atoms in total. The Morgan fingerprint density at radius 1 is 1.21 bits per heavy atom. The highest BCUT2D eigenvalue weighted by molar-refractivity contribution is 7.99. The molecule has 0 radical (unpaired) electrons. The van der Waals surface area contributed by atoms with Gasteiger partial charge in [-0.3, -0.25) is 9.59 Å². The summed E-state index contributed by atoms with van der Waals surface area (Å²) in [5.74, 6) is 0.727. The van der Waals surface area contributed by atoms with E-state index in [1.54, 1.807) is 45.8 Å². The van der Waals surface area contributed by atoms with Crippen molar-refractivity contribution < 1.29 is 9.59 Å². The maximum Gasteiger partial charge on any atom is 0.227 e. The zero-order valence-electron chi connectivity index (χ0n) is 16.2. The molecule has 0 atom stereocenters. The molecular formula is C23H23N3O2S. The van der Waals surface area contributed by atoms with E-state index in [0.717, 1.165) is 21.9 Å². The lowest BCUT2D eigenvalue weighted by molar-refractivity contribution is -0.133. The predicted octanol–water partition coefficient (Wildman–Crippen LogP) is 3.99. The number of hydrogen-bond acceptors (Lipinski definition) is 4. The summed E-state index contributed by atoms with van der Waals surface area (Å²) in [4.78, 5) is 30.1. The molecule has 0 bridgehead atoms. The average Bonchev–Trinajstić information content (AvgIpc) is 2.76. The second-order valence-corrected chi connectivity index (χ2v) is 7.87. The first-order valence-corrected chi connectivity index (χ1v) is 10.5. The van der Waals surface area contributed by atoms with Crippen molar-refractivity contribution in [1.29, 1.82) is 5.26 Å². The van der Waals surface area contributed by atoms with Gasteiger partial charge in [0.1, 0.15) is 0 Å². The number of nitriles is 1. The first-order chi connectivity index (χ1) is 14.1. The third kappa shape index (κ3) is 5.27. The van der Waals surface area contributed by atoms with Crippen LogP contribution in [-0.2, 0) is 16.1 Å². The van der Waals surface area contributed by atoms with Gasteiger partial charge in [-0.1, -0.05) is 30.3 Å². The molecule has 6 heteroatoms. The highest BCUT2D eigenvalue weighted by Crippen LogP contribution is 2.34. The van der Waals surface area contributed by atoms with Crippen LogP contribution in [0.4, 0.5) is 5.69 Å². The SMILES string of the molecule is C=CCN(Cc1cccc(C#N)c1)C(=O)CCC(=O)N1CCSc2ccccc21. The van der Waals surface area contributed by atoms with Gasteiger partial charge in [0, 0.05) is 43.1 Å². The molecule has 0 aliphatic carbocycles. The minimum absolute atomic E-state index is 0.0314. The van der Waals surface area contributed by atoms with Crippen LogP contribution < -0.4 is 4.90 Å². The molecule has 2 aromatic carbocycles. The first kappa shape index (κ1) is 20.7. The largest absolute Gasteiger partial charge is 0.335 e. The lowest BCUT2D eigenvalue weighted by atomic mass is 10.1. The van der Waals surface area contributed by atoms with Crippen molar-refractivity contribution in [2.75, 3.05) is 23.7 Å². The number of para-hydroxylation sites is 1. The highest BCUT2D eigenvalue weighted by Gasteiger charge is 2.23. The van der Waals surface area contributed by atoms with Crippen LogP contribution in [0.15, 0.2) is 66.1 Å². The Labute approximate surface area is 175 Å². The van der Waals surface area contributed by atoms with E-state index < -0.39 is 0 Å². The second kappa shape index (κ2) is 9.94. The molecule has 148 valence electrons. The van der Waals surface area contributed by atoms with Crippen molar-refractivity contribution in [3.8, 4) is 6.07 Å². The van der Waals surface area contributed by atoms with Gasteiger partial charge in [-0.2, -0.15) is 5.26 Å². The molecule has 0 unspecified atom stereocenters. The quantitative estimate of drug-likeness (QED) is 0.654. The standard InChI is InChI=1S/C23H23N3O2S/c1-2-12-25(17-19-7-5-6-18(15-19)16-24)22(27)10-11-23(28)26-13-14-29-21-9-4-3-8-20(21)26/h2-9,15H,1,10-14,17H2. The van der Waals surface area contributed by atoms with Crippen molar-refractivity contribution in [2.24, 2.45) is 0 Å². The molecule has 2 amide bonds. The van der Waals surface area contributed by atoms with Crippen molar-refractivity contribution in [1.82, 2.24) is 4.90 Å². The van der Waals surface area contributed by atoms with Crippen LogP contribution in [0.1, 0.15) is 24.0 Å². The van der Waals surface area contributed by atoms with Gasteiger partial charge in [0.25, 0.3) is 0 Å². The van der Waals surface area contributed by atoms with Crippen LogP contribution in [0.25, 0.3) is 0 Å². The molecule has 0 saturated carbocycles. The van der Waals surface area contributed by atoms with Crippen LogP contribution in [0, 0.1) is 11.3 Å². The number of nitrogens with zero attached hydrogens (tertiary/aromatic N) is 3. The summed E-state index contributed by atoms with van der Waals surface area (Å²) in [6.45, 7) is 5.17. The zero-order valence-corrected chi connectivity index (χ0v) is 17.0. The summed E-state index contributed by atoms with van der Waals surface area (Å²) in [5, 5.41) is 9.06. The fourth-order valence-electron chi connectivity index (χ4n) is 3.31. The molecule has 2 aromatic rings. The minimum atomic E-state index is -0.0970. The van der Waals surface area contributed by atoms with Crippen molar-refractivity contribution in [2.45, 2.75) is 24.3 Å². The molecular weight excluding hydrogens is 382 g/mol. The van der Waals surface area contributed by atoms with Crippen molar-refractivity contribution in [3.05, 3.63) is 72.3 Å². The number of rotatable bonds is 7. The molecule has 1 heterocycles. The smallest absolute Gasteiger partial charge is 0.227 e. The van der Waals surface area contributed by atoms with Gasteiger partial charge in [-0.25, -0.2) is 0 Å². The zero-order chi connectivity index (χ0) is 20.6. The van der Waals surface area contributed by atoms with Gasteiger partial charge in [-0.05, 0) is 29.8 Å². The van der Waals surface area contributed by atoms with Gasteiger partial charge < -0.3 is 9.80 Å².